The van der Waals surface area contributed by atoms with E-state index in [2.05, 4.69) is 34.7 Å². The van der Waals surface area contributed by atoms with Gasteiger partial charge in [-0.2, -0.15) is 0 Å². The lowest BCUT2D eigenvalue weighted by molar-refractivity contribution is -0.120. The normalized spacial score (nSPS) is 28.0. The van der Waals surface area contributed by atoms with Crippen LogP contribution >= 0.6 is 0 Å². The molecule has 0 radical (unpaired) electrons. The van der Waals surface area contributed by atoms with Gasteiger partial charge in [0.1, 0.15) is 0 Å². The zero-order chi connectivity index (χ0) is 17.7. The van der Waals surface area contributed by atoms with Gasteiger partial charge in [-0.3, -0.25) is 15.0 Å². The standard InChI is InChI=1S/C19H27N3O3/c1-22(13-15-8-12-25-14-15)19(16-5-3-2-4-6-16)9-7-17(23)21-18(24)20-11-10-19/h2-6,15H,7-14H2,1H3,(H2,20,21,23,24). The second-order valence-electron chi connectivity index (χ2n) is 7.06. The minimum absolute atomic E-state index is 0.225. The Morgan fingerprint density at radius 3 is 2.76 bits per heavy atom. The number of urea groups is 1. The molecule has 2 heterocycles. The van der Waals surface area contributed by atoms with Gasteiger partial charge in [-0.05, 0) is 37.8 Å². The Kier molecular flexibility index (Phi) is 5.71. The van der Waals surface area contributed by atoms with Crippen LogP contribution in [0.2, 0.25) is 0 Å². The smallest absolute Gasteiger partial charge is 0.321 e. The van der Waals surface area contributed by atoms with Crippen molar-refractivity contribution in [3.8, 4) is 0 Å². The first-order valence-corrected chi connectivity index (χ1v) is 9.02. The van der Waals surface area contributed by atoms with Crippen molar-refractivity contribution in [1.29, 1.82) is 0 Å². The summed E-state index contributed by atoms with van der Waals surface area (Å²) in [7, 11) is 2.13. The van der Waals surface area contributed by atoms with Gasteiger partial charge in [0.15, 0.2) is 0 Å². The van der Waals surface area contributed by atoms with Crippen molar-refractivity contribution in [3.63, 3.8) is 0 Å². The lowest BCUT2D eigenvalue weighted by Gasteiger charge is -2.43. The van der Waals surface area contributed by atoms with E-state index >= 15 is 0 Å². The van der Waals surface area contributed by atoms with Crippen LogP contribution in [0.3, 0.4) is 0 Å². The van der Waals surface area contributed by atoms with Gasteiger partial charge in [-0.1, -0.05) is 30.3 Å². The fraction of sp³-hybridized carbons (Fsp3) is 0.579. The summed E-state index contributed by atoms with van der Waals surface area (Å²) in [5.41, 5.74) is 0.916. The average molecular weight is 345 g/mol. The monoisotopic (exact) mass is 345 g/mol. The molecule has 2 N–H and O–H groups in total. The van der Waals surface area contributed by atoms with Gasteiger partial charge < -0.3 is 10.1 Å². The summed E-state index contributed by atoms with van der Waals surface area (Å²) in [6.45, 7) is 3.08. The van der Waals surface area contributed by atoms with Gasteiger partial charge in [0.25, 0.3) is 0 Å². The second-order valence-corrected chi connectivity index (χ2v) is 7.06. The van der Waals surface area contributed by atoms with Crippen molar-refractivity contribution in [3.05, 3.63) is 35.9 Å². The quantitative estimate of drug-likeness (QED) is 0.874. The van der Waals surface area contributed by atoms with E-state index in [1.165, 1.54) is 5.56 Å². The topological polar surface area (TPSA) is 70.7 Å². The number of ether oxygens (including phenoxy) is 1. The van der Waals surface area contributed by atoms with Crippen LogP contribution in [0.25, 0.3) is 0 Å². The van der Waals surface area contributed by atoms with E-state index in [4.69, 9.17) is 4.74 Å². The molecule has 0 aromatic heterocycles. The SMILES string of the molecule is CN(CC1CCOC1)C1(c2ccccc2)CCNC(=O)NC(=O)CC1. The maximum absolute atomic E-state index is 12.1. The minimum atomic E-state index is -0.402. The van der Waals surface area contributed by atoms with E-state index in [0.29, 0.717) is 25.3 Å². The Bertz CT molecular complexity index is 601. The first-order chi connectivity index (χ1) is 12.1. The molecule has 3 amide bonds. The fourth-order valence-electron chi connectivity index (χ4n) is 3.99. The molecule has 0 bridgehead atoms. The van der Waals surface area contributed by atoms with Crippen molar-refractivity contribution in [2.45, 2.75) is 31.2 Å². The van der Waals surface area contributed by atoms with Crippen LogP contribution in [0, 0.1) is 5.92 Å². The Labute approximate surface area is 148 Å². The first-order valence-electron chi connectivity index (χ1n) is 9.02. The predicted octanol–water partition coefficient (Wildman–Crippen LogP) is 1.86. The third-order valence-corrected chi connectivity index (χ3v) is 5.44. The number of nitrogens with one attached hydrogen (secondary N) is 2. The Balaban J connectivity index is 1.89. The molecule has 1 aromatic carbocycles. The van der Waals surface area contributed by atoms with E-state index in [1.54, 1.807) is 0 Å². The molecule has 0 saturated carbocycles. The molecule has 2 fully saturated rings. The minimum Gasteiger partial charge on any atom is -0.381 e. The number of nitrogens with zero attached hydrogens (tertiary/aromatic N) is 1. The van der Waals surface area contributed by atoms with Crippen LogP contribution in [0.5, 0.6) is 0 Å². The van der Waals surface area contributed by atoms with Crippen LogP contribution in [0.1, 0.15) is 31.2 Å². The second kappa shape index (κ2) is 7.97. The largest absolute Gasteiger partial charge is 0.381 e. The number of hydrogen-bond donors (Lipinski definition) is 2. The first kappa shape index (κ1) is 17.9. The predicted molar refractivity (Wildman–Crippen MR) is 95.1 cm³/mol. The highest BCUT2D eigenvalue weighted by Gasteiger charge is 2.38. The molecule has 6 nitrogen and oxygen atoms in total. The summed E-state index contributed by atoms with van der Waals surface area (Å²) >= 11 is 0. The molecule has 0 spiro atoms. The summed E-state index contributed by atoms with van der Waals surface area (Å²) in [6.07, 6.45) is 2.85. The van der Waals surface area contributed by atoms with Crippen molar-refractivity contribution in [2.24, 2.45) is 5.92 Å². The Morgan fingerprint density at radius 2 is 2.04 bits per heavy atom. The Hall–Kier alpha value is -1.92. The number of benzene rings is 1. The van der Waals surface area contributed by atoms with Crippen LogP contribution < -0.4 is 10.6 Å². The van der Waals surface area contributed by atoms with E-state index in [-0.39, 0.29) is 11.4 Å². The van der Waals surface area contributed by atoms with Gasteiger partial charge in [-0.15, -0.1) is 0 Å². The Morgan fingerprint density at radius 1 is 1.24 bits per heavy atom. The number of imide groups is 1. The van der Waals surface area contributed by atoms with E-state index in [1.807, 2.05) is 18.2 Å². The lowest BCUT2D eigenvalue weighted by atomic mass is 9.80. The van der Waals surface area contributed by atoms with E-state index in [9.17, 15) is 9.59 Å². The van der Waals surface area contributed by atoms with Crippen LogP contribution in [-0.4, -0.2) is 50.2 Å². The van der Waals surface area contributed by atoms with E-state index in [0.717, 1.165) is 32.6 Å². The molecule has 2 unspecified atom stereocenters. The molecule has 2 aliphatic rings. The molecule has 0 aliphatic carbocycles. The zero-order valence-electron chi connectivity index (χ0n) is 14.8. The summed E-state index contributed by atoms with van der Waals surface area (Å²) in [5.74, 6) is 0.291. The van der Waals surface area contributed by atoms with Crippen LogP contribution in [0.4, 0.5) is 4.79 Å². The highest BCUT2D eigenvalue weighted by Crippen LogP contribution is 2.37. The molecule has 3 rings (SSSR count). The highest BCUT2D eigenvalue weighted by molar-refractivity contribution is 5.94. The molecule has 6 heteroatoms. The molecule has 25 heavy (non-hydrogen) atoms. The molecule has 1 aromatic rings. The molecule has 136 valence electrons. The number of rotatable bonds is 4. The van der Waals surface area contributed by atoms with Gasteiger partial charge in [-0.25, -0.2) is 4.79 Å². The third kappa shape index (κ3) is 4.19. The fourth-order valence-corrected chi connectivity index (χ4v) is 3.99. The van der Waals surface area contributed by atoms with Crippen LogP contribution in [0.15, 0.2) is 30.3 Å². The molecule has 2 saturated heterocycles. The zero-order valence-corrected chi connectivity index (χ0v) is 14.8. The highest BCUT2D eigenvalue weighted by atomic mass is 16.5. The summed E-state index contributed by atoms with van der Waals surface area (Å²) in [6, 6.07) is 9.93. The molecular weight excluding hydrogens is 318 g/mol. The number of carbonyl (C=O) groups is 2. The molecule has 2 atom stereocenters. The maximum Gasteiger partial charge on any atom is 0.321 e. The summed E-state index contributed by atoms with van der Waals surface area (Å²) in [5, 5.41) is 5.20. The average Bonchev–Trinajstić information content (AvgIpc) is 3.12. The molecule has 2 aliphatic heterocycles. The van der Waals surface area contributed by atoms with Gasteiger partial charge >= 0.3 is 6.03 Å². The van der Waals surface area contributed by atoms with Gasteiger partial charge in [0.2, 0.25) is 5.91 Å². The van der Waals surface area contributed by atoms with Crippen molar-refractivity contribution in [1.82, 2.24) is 15.5 Å². The van der Waals surface area contributed by atoms with Crippen molar-refractivity contribution in [2.75, 3.05) is 33.4 Å². The number of hydrogen-bond acceptors (Lipinski definition) is 4. The lowest BCUT2D eigenvalue weighted by Crippen LogP contribution is -2.47. The van der Waals surface area contributed by atoms with Crippen LogP contribution in [-0.2, 0) is 15.1 Å². The van der Waals surface area contributed by atoms with Gasteiger partial charge in [0.05, 0.1) is 6.61 Å². The third-order valence-electron chi connectivity index (χ3n) is 5.44. The molecular formula is C19H27N3O3. The summed E-state index contributed by atoms with van der Waals surface area (Å²) < 4.78 is 5.53. The number of carbonyl (C=O) groups excluding carboxylic acids is 2. The maximum atomic E-state index is 12.1. The summed E-state index contributed by atoms with van der Waals surface area (Å²) in [4.78, 5) is 26.2. The van der Waals surface area contributed by atoms with Crippen molar-refractivity contribution >= 4 is 11.9 Å². The van der Waals surface area contributed by atoms with E-state index < -0.39 is 6.03 Å². The van der Waals surface area contributed by atoms with Gasteiger partial charge in [0, 0.05) is 31.7 Å². The number of amides is 3. The van der Waals surface area contributed by atoms with Crippen molar-refractivity contribution < 1.29 is 14.3 Å².